The van der Waals surface area contributed by atoms with Crippen molar-refractivity contribution in [2.24, 2.45) is 5.11 Å². The van der Waals surface area contributed by atoms with Gasteiger partial charge in [0.25, 0.3) is 0 Å². The standard InChI is InChI=1S/C7H5ClN2O2/c8-4-1-2-6(10-9)5(3-4)7(11)12/h1-3,9H,(H,11,12). The zero-order chi connectivity index (χ0) is 9.14. The van der Waals surface area contributed by atoms with E-state index in [0.717, 1.165) is 0 Å². The summed E-state index contributed by atoms with van der Waals surface area (Å²) in [5.74, 6) is -1.14. The van der Waals surface area contributed by atoms with Crippen molar-refractivity contribution < 1.29 is 9.90 Å². The van der Waals surface area contributed by atoms with Crippen LogP contribution in [0.4, 0.5) is 5.69 Å². The van der Waals surface area contributed by atoms with Crippen LogP contribution in [-0.2, 0) is 0 Å². The maximum atomic E-state index is 10.5. The molecule has 1 aromatic carbocycles. The quantitative estimate of drug-likeness (QED) is 0.694. The number of carboxylic acid groups (broad SMARTS) is 1. The first kappa shape index (κ1) is 8.67. The summed E-state index contributed by atoms with van der Waals surface area (Å²) in [5, 5.41) is 12.0. The van der Waals surface area contributed by atoms with Crippen molar-refractivity contribution in [3.8, 4) is 0 Å². The molecule has 0 saturated carbocycles. The van der Waals surface area contributed by atoms with Crippen LogP contribution in [0.25, 0.3) is 0 Å². The number of benzene rings is 1. The van der Waals surface area contributed by atoms with Gasteiger partial charge in [-0.3, -0.25) is 0 Å². The van der Waals surface area contributed by atoms with Gasteiger partial charge in [-0.05, 0) is 18.2 Å². The van der Waals surface area contributed by atoms with Crippen molar-refractivity contribution in [3.63, 3.8) is 0 Å². The average molecular weight is 185 g/mol. The monoisotopic (exact) mass is 184 g/mol. The largest absolute Gasteiger partial charge is 0.478 e. The van der Waals surface area contributed by atoms with E-state index in [2.05, 4.69) is 5.11 Å². The Labute approximate surface area is 73.3 Å². The van der Waals surface area contributed by atoms with Crippen molar-refractivity contribution in [1.82, 2.24) is 0 Å². The third kappa shape index (κ3) is 1.60. The van der Waals surface area contributed by atoms with Gasteiger partial charge in [0, 0.05) is 5.02 Å². The van der Waals surface area contributed by atoms with Crippen molar-refractivity contribution in [2.45, 2.75) is 0 Å². The first-order valence-electron chi connectivity index (χ1n) is 3.05. The van der Waals surface area contributed by atoms with E-state index < -0.39 is 5.97 Å². The molecule has 0 saturated heterocycles. The minimum Gasteiger partial charge on any atom is -0.478 e. The normalized spacial score (nSPS) is 9.42. The van der Waals surface area contributed by atoms with Gasteiger partial charge in [0.05, 0.1) is 11.3 Å². The predicted octanol–water partition coefficient (Wildman–Crippen LogP) is 2.70. The summed E-state index contributed by atoms with van der Waals surface area (Å²) in [6, 6.07) is 4.14. The van der Waals surface area contributed by atoms with Crippen molar-refractivity contribution >= 4 is 23.3 Å². The molecule has 0 aromatic heterocycles. The van der Waals surface area contributed by atoms with Crippen LogP contribution in [0.1, 0.15) is 10.4 Å². The van der Waals surface area contributed by atoms with Gasteiger partial charge in [-0.2, -0.15) is 5.11 Å². The predicted molar refractivity (Wildman–Crippen MR) is 43.2 cm³/mol. The van der Waals surface area contributed by atoms with E-state index in [1.54, 1.807) is 0 Å². The molecule has 0 aliphatic rings. The van der Waals surface area contributed by atoms with Gasteiger partial charge in [-0.25, -0.2) is 10.3 Å². The molecular weight excluding hydrogens is 180 g/mol. The number of aromatic carboxylic acids is 1. The summed E-state index contributed by atoms with van der Waals surface area (Å²) >= 11 is 5.55. The van der Waals surface area contributed by atoms with E-state index in [0.29, 0.717) is 5.02 Å². The van der Waals surface area contributed by atoms with Crippen LogP contribution in [0.5, 0.6) is 0 Å². The smallest absolute Gasteiger partial charge is 0.338 e. The molecule has 1 rings (SSSR count). The van der Waals surface area contributed by atoms with Crippen molar-refractivity contribution in [1.29, 1.82) is 5.53 Å². The second kappa shape index (κ2) is 3.32. The van der Waals surface area contributed by atoms with Crippen molar-refractivity contribution in [2.75, 3.05) is 0 Å². The van der Waals surface area contributed by atoms with E-state index in [4.69, 9.17) is 22.2 Å². The van der Waals surface area contributed by atoms with Gasteiger partial charge >= 0.3 is 5.97 Å². The third-order valence-electron chi connectivity index (χ3n) is 1.31. The summed E-state index contributed by atoms with van der Waals surface area (Å²) in [6.45, 7) is 0. The van der Waals surface area contributed by atoms with E-state index >= 15 is 0 Å². The fraction of sp³-hybridized carbons (Fsp3) is 0. The number of hydrogen-bond acceptors (Lipinski definition) is 3. The Kier molecular flexibility index (Phi) is 2.40. The zero-order valence-corrected chi connectivity index (χ0v) is 6.67. The van der Waals surface area contributed by atoms with Gasteiger partial charge in [0.15, 0.2) is 0 Å². The topological polar surface area (TPSA) is 73.5 Å². The van der Waals surface area contributed by atoms with Crippen LogP contribution in [0.15, 0.2) is 23.3 Å². The molecule has 0 bridgehead atoms. The zero-order valence-electron chi connectivity index (χ0n) is 5.91. The number of carboxylic acids is 1. The number of halogens is 1. The van der Waals surface area contributed by atoms with Gasteiger partial charge < -0.3 is 5.11 Å². The summed E-state index contributed by atoms with van der Waals surface area (Å²) < 4.78 is 0. The molecule has 1 aromatic rings. The number of rotatable bonds is 2. The Morgan fingerprint density at radius 3 is 2.75 bits per heavy atom. The Morgan fingerprint density at radius 1 is 1.58 bits per heavy atom. The lowest BCUT2D eigenvalue weighted by molar-refractivity contribution is 0.0697. The highest BCUT2D eigenvalue weighted by molar-refractivity contribution is 6.31. The van der Waals surface area contributed by atoms with Crippen LogP contribution < -0.4 is 0 Å². The third-order valence-corrected chi connectivity index (χ3v) is 1.54. The number of nitrogens with zero attached hydrogens (tertiary/aromatic N) is 1. The highest BCUT2D eigenvalue weighted by Crippen LogP contribution is 2.22. The molecule has 0 unspecified atom stereocenters. The van der Waals surface area contributed by atoms with E-state index in [-0.39, 0.29) is 11.3 Å². The molecule has 2 N–H and O–H groups in total. The molecule has 0 fully saturated rings. The van der Waals surface area contributed by atoms with Gasteiger partial charge in [0.1, 0.15) is 0 Å². The summed E-state index contributed by atoms with van der Waals surface area (Å²) in [7, 11) is 0. The first-order chi connectivity index (χ1) is 5.65. The maximum absolute atomic E-state index is 10.5. The number of nitrogens with one attached hydrogen (secondary N) is 1. The molecule has 5 heteroatoms. The summed E-state index contributed by atoms with van der Waals surface area (Å²) in [5.41, 5.74) is 6.71. The molecule has 0 aliphatic carbocycles. The molecule has 12 heavy (non-hydrogen) atoms. The fourth-order valence-electron chi connectivity index (χ4n) is 0.777. The SMILES string of the molecule is N=Nc1ccc(Cl)cc1C(=O)O. The van der Waals surface area contributed by atoms with Crippen LogP contribution in [0, 0.1) is 5.53 Å². The van der Waals surface area contributed by atoms with Crippen LogP contribution in [0.3, 0.4) is 0 Å². The molecule has 62 valence electrons. The Morgan fingerprint density at radius 2 is 2.25 bits per heavy atom. The van der Waals surface area contributed by atoms with E-state index in [9.17, 15) is 4.79 Å². The minimum atomic E-state index is -1.14. The molecule has 0 spiro atoms. The molecule has 0 atom stereocenters. The van der Waals surface area contributed by atoms with E-state index in [1.165, 1.54) is 18.2 Å². The molecule has 0 amide bonds. The molecule has 0 aliphatic heterocycles. The maximum Gasteiger partial charge on any atom is 0.338 e. The Balaban J connectivity index is 3.30. The van der Waals surface area contributed by atoms with Crippen LogP contribution in [-0.4, -0.2) is 11.1 Å². The fourth-order valence-corrected chi connectivity index (χ4v) is 0.949. The van der Waals surface area contributed by atoms with E-state index in [1.807, 2.05) is 0 Å². The minimum absolute atomic E-state index is 0.0579. The number of hydrogen-bond donors (Lipinski definition) is 2. The lowest BCUT2D eigenvalue weighted by Crippen LogP contribution is -1.95. The average Bonchev–Trinajstić information content (AvgIpc) is 2.04. The Bertz CT molecular complexity index is 338. The molecule has 0 radical (unpaired) electrons. The van der Waals surface area contributed by atoms with Gasteiger partial charge in [0.2, 0.25) is 0 Å². The second-order valence-electron chi connectivity index (χ2n) is 2.08. The van der Waals surface area contributed by atoms with Crippen LogP contribution >= 0.6 is 11.6 Å². The lowest BCUT2D eigenvalue weighted by atomic mass is 10.2. The number of carbonyl (C=O) groups is 1. The second-order valence-corrected chi connectivity index (χ2v) is 2.51. The Hall–Kier alpha value is -1.42. The van der Waals surface area contributed by atoms with Crippen LogP contribution in [0.2, 0.25) is 5.02 Å². The lowest BCUT2D eigenvalue weighted by Gasteiger charge is -1.98. The summed E-state index contributed by atoms with van der Waals surface area (Å²) in [4.78, 5) is 10.5. The van der Waals surface area contributed by atoms with Crippen molar-refractivity contribution in [3.05, 3.63) is 28.8 Å². The van der Waals surface area contributed by atoms with Gasteiger partial charge in [-0.15, -0.1) is 0 Å². The highest BCUT2D eigenvalue weighted by atomic mass is 35.5. The molecular formula is C7H5ClN2O2. The first-order valence-corrected chi connectivity index (χ1v) is 3.43. The summed E-state index contributed by atoms with van der Waals surface area (Å²) in [6.07, 6.45) is 0. The molecule has 0 heterocycles. The van der Waals surface area contributed by atoms with Gasteiger partial charge in [-0.1, -0.05) is 11.6 Å². The molecule has 4 nitrogen and oxygen atoms in total. The highest BCUT2D eigenvalue weighted by Gasteiger charge is 2.09.